The summed E-state index contributed by atoms with van der Waals surface area (Å²) in [6.07, 6.45) is 60.6. The normalized spacial score (nSPS) is 12.5. The van der Waals surface area contributed by atoms with Crippen molar-refractivity contribution in [2.75, 3.05) is 13.2 Å². The Balaban J connectivity index is 4.46. The van der Waals surface area contributed by atoms with Gasteiger partial charge >= 0.3 is 17.9 Å². The number of rotatable bonds is 46. The molecule has 61 heavy (non-hydrogen) atoms. The SMILES string of the molecule is CCCCC/C=C/C/C=C/C/C=C/C/C=C/CCCC(=O)OCC(COC(=O)CCCCCCCCCCCCCCC)OC(=O)CCCCCCC/C=C/CCCCCC. The molecule has 6 heteroatoms. The standard InChI is InChI=1S/C55H96O6/c1-4-7-10-13-16-19-22-25-26-27-28-31-33-36-39-42-45-48-54(57)60-51-52(61-55(58)49-46-43-40-37-34-30-24-21-18-15-12-9-6-3)50-59-53(56)47-44-41-38-35-32-29-23-20-17-14-11-8-5-2/h16,19,21,24-26,28,31,36,39,52H,4-15,17-18,20,22-23,27,29-30,32-35,37-38,40-51H2,1-3H3/b19-16+,24-21+,26-25+,31-28+,39-36+. The summed E-state index contributed by atoms with van der Waals surface area (Å²) in [5, 5.41) is 0. The number of ether oxygens (including phenoxy) is 3. The molecule has 0 bridgehead atoms. The van der Waals surface area contributed by atoms with Crippen LogP contribution in [-0.2, 0) is 28.6 Å². The van der Waals surface area contributed by atoms with Crippen LogP contribution in [0.25, 0.3) is 0 Å². The van der Waals surface area contributed by atoms with Crippen LogP contribution in [-0.4, -0.2) is 37.2 Å². The lowest BCUT2D eigenvalue weighted by molar-refractivity contribution is -0.167. The predicted octanol–water partition coefficient (Wildman–Crippen LogP) is 16.9. The van der Waals surface area contributed by atoms with Crippen LogP contribution >= 0.6 is 0 Å². The van der Waals surface area contributed by atoms with Crippen LogP contribution in [0, 0.1) is 0 Å². The van der Waals surface area contributed by atoms with Gasteiger partial charge in [-0.15, -0.1) is 0 Å². The first-order chi connectivity index (χ1) is 30.0. The maximum atomic E-state index is 12.8. The first-order valence-corrected chi connectivity index (χ1v) is 25.8. The van der Waals surface area contributed by atoms with Gasteiger partial charge < -0.3 is 14.2 Å². The Morgan fingerprint density at radius 2 is 0.607 bits per heavy atom. The summed E-state index contributed by atoms with van der Waals surface area (Å²) in [5.74, 6) is -0.956. The number of hydrogen-bond acceptors (Lipinski definition) is 6. The quantitative estimate of drug-likeness (QED) is 0.0263. The minimum Gasteiger partial charge on any atom is -0.462 e. The summed E-state index contributed by atoms with van der Waals surface area (Å²) in [7, 11) is 0. The summed E-state index contributed by atoms with van der Waals surface area (Å²) in [5.41, 5.74) is 0. The molecule has 0 saturated heterocycles. The Morgan fingerprint density at radius 3 is 1.05 bits per heavy atom. The molecule has 0 aliphatic heterocycles. The van der Waals surface area contributed by atoms with E-state index in [0.29, 0.717) is 19.3 Å². The van der Waals surface area contributed by atoms with Crippen molar-refractivity contribution in [3.63, 3.8) is 0 Å². The van der Waals surface area contributed by atoms with Crippen LogP contribution in [0.1, 0.15) is 252 Å². The number of allylic oxidation sites excluding steroid dienone is 10. The summed E-state index contributed by atoms with van der Waals surface area (Å²) < 4.78 is 16.7. The topological polar surface area (TPSA) is 78.9 Å². The zero-order chi connectivity index (χ0) is 44.4. The molecule has 0 aliphatic rings. The highest BCUT2D eigenvalue weighted by atomic mass is 16.6. The lowest BCUT2D eigenvalue weighted by atomic mass is 10.0. The van der Waals surface area contributed by atoms with E-state index in [1.54, 1.807) is 0 Å². The highest BCUT2D eigenvalue weighted by Crippen LogP contribution is 2.14. The predicted molar refractivity (Wildman–Crippen MR) is 261 cm³/mol. The average Bonchev–Trinajstić information content (AvgIpc) is 3.26. The molecule has 0 rings (SSSR count). The van der Waals surface area contributed by atoms with Gasteiger partial charge in [-0.3, -0.25) is 14.4 Å². The van der Waals surface area contributed by atoms with E-state index in [1.165, 1.54) is 128 Å². The van der Waals surface area contributed by atoms with Crippen LogP contribution < -0.4 is 0 Å². The number of carbonyl (C=O) groups excluding carboxylic acids is 3. The molecule has 0 heterocycles. The van der Waals surface area contributed by atoms with E-state index < -0.39 is 6.10 Å². The third-order valence-electron chi connectivity index (χ3n) is 11.0. The first-order valence-electron chi connectivity index (χ1n) is 25.8. The van der Waals surface area contributed by atoms with Gasteiger partial charge in [-0.05, 0) is 83.5 Å². The molecule has 0 saturated carbocycles. The Labute approximate surface area is 377 Å². The number of hydrogen-bond donors (Lipinski definition) is 0. The second kappa shape index (κ2) is 49.8. The summed E-state index contributed by atoms with van der Waals surface area (Å²) in [4.78, 5) is 37.9. The maximum absolute atomic E-state index is 12.8. The zero-order valence-corrected chi connectivity index (χ0v) is 40.2. The van der Waals surface area contributed by atoms with Gasteiger partial charge in [0, 0.05) is 19.3 Å². The molecule has 6 nitrogen and oxygen atoms in total. The largest absolute Gasteiger partial charge is 0.462 e. The molecule has 0 aromatic carbocycles. The minimum absolute atomic E-state index is 0.0926. The Hall–Kier alpha value is -2.89. The fourth-order valence-corrected chi connectivity index (χ4v) is 7.08. The maximum Gasteiger partial charge on any atom is 0.306 e. The van der Waals surface area contributed by atoms with E-state index in [9.17, 15) is 14.4 Å². The van der Waals surface area contributed by atoms with Crippen LogP contribution in [0.2, 0.25) is 0 Å². The second-order valence-electron chi connectivity index (χ2n) is 17.1. The third-order valence-corrected chi connectivity index (χ3v) is 11.0. The summed E-state index contributed by atoms with van der Waals surface area (Å²) in [6, 6.07) is 0. The van der Waals surface area contributed by atoms with Gasteiger partial charge in [-0.2, -0.15) is 0 Å². The van der Waals surface area contributed by atoms with Gasteiger partial charge in [0.05, 0.1) is 0 Å². The van der Waals surface area contributed by atoms with Crippen molar-refractivity contribution in [2.24, 2.45) is 0 Å². The molecule has 1 unspecified atom stereocenters. The molecular weight excluding hydrogens is 757 g/mol. The van der Waals surface area contributed by atoms with Crippen molar-refractivity contribution in [2.45, 2.75) is 258 Å². The Morgan fingerprint density at radius 1 is 0.328 bits per heavy atom. The molecule has 0 spiro atoms. The fraction of sp³-hybridized carbons (Fsp3) is 0.764. The van der Waals surface area contributed by atoms with Gasteiger partial charge in [0.25, 0.3) is 0 Å². The molecule has 352 valence electrons. The monoisotopic (exact) mass is 853 g/mol. The fourth-order valence-electron chi connectivity index (χ4n) is 7.08. The van der Waals surface area contributed by atoms with Crippen molar-refractivity contribution in [3.05, 3.63) is 60.8 Å². The number of carbonyl (C=O) groups is 3. The first kappa shape index (κ1) is 58.1. The molecule has 0 N–H and O–H groups in total. The van der Waals surface area contributed by atoms with E-state index in [0.717, 1.165) is 77.0 Å². The van der Waals surface area contributed by atoms with Crippen molar-refractivity contribution in [1.29, 1.82) is 0 Å². The van der Waals surface area contributed by atoms with Crippen molar-refractivity contribution in [3.8, 4) is 0 Å². The van der Waals surface area contributed by atoms with E-state index in [4.69, 9.17) is 14.2 Å². The average molecular weight is 853 g/mol. The van der Waals surface area contributed by atoms with Gasteiger partial charge in [0.2, 0.25) is 0 Å². The summed E-state index contributed by atoms with van der Waals surface area (Å²) >= 11 is 0. The van der Waals surface area contributed by atoms with Gasteiger partial charge in [0.15, 0.2) is 6.10 Å². The second-order valence-corrected chi connectivity index (χ2v) is 17.1. The van der Waals surface area contributed by atoms with Gasteiger partial charge in [-0.25, -0.2) is 0 Å². The van der Waals surface area contributed by atoms with Gasteiger partial charge in [0.1, 0.15) is 13.2 Å². The molecule has 0 aliphatic carbocycles. The molecule has 0 aromatic rings. The highest BCUT2D eigenvalue weighted by molar-refractivity contribution is 5.71. The minimum atomic E-state index is -0.797. The summed E-state index contributed by atoms with van der Waals surface area (Å²) in [6.45, 7) is 6.54. The van der Waals surface area contributed by atoms with E-state index in [2.05, 4.69) is 81.5 Å². The molecule has 0 aromatic heterocycles. The third kappa shape index (κ3) is 48.0. The number of esters is 3. The lowest BCUT2D eigenvalue weighted by Gasteiger charge is -2.18. The number of unbranched alkanes of at least 4 members (excludes halogenated alkanes) is 25. The van der Waals surface area contributed by atoms with E-state index >= 15 is 0 Å². The highest BCUT2D eigenvalue weighted by Gasteiger charge is 2.19. The Kier molecular flexibility index (Phi) is 47.4. The smallest absolute Gasteiger partial charge is 0.306 e. The molecule has 0 radical (unpaired) electrons. The van der Waals surface area contributed by atoms with Crippen LogP contribution in [0.5, 0.6) is 0 Å². The van der Waals surface area contributed by atoms with Crippen LogP contribution in [0.3, 0.4) is 0 Å². The van der Waals surface area contributed by atoms with Crippen molar-refractivity contribution >= 4 is 17.9 Å². The van der Waals surface area contributed by atoms with Gasteiger partial charge in [-0.1, -0.05) is 210 Å². The lowest BCUT2D eigenvalue weighted by Crippen LogP contribution is -2.30. The molecule has 0 amide bonds. The molecule has 1 atom stereocenters. The van der Waals surface area contributed by atoms with Crippen molar-refractivity contribution in [1.82, 2.24) is 0 Å². The van der Waals surface area contributed by atoms with E-state index in [1.807, 2.05) is 0 Å². The molecule has 0 fully saturated rings. The Bertz CT molecular complexity index is 1120. The van der Waals surface area contributed by atoms with E-state index in [-0.39, 0.29) is 37.5 Å². The van der Waals surface area contributed by atoms with Crippen molar-refractivity contribution < 1.29 is 28.6 Å². The zero-order valence-electron chi connectivity index (χ0n) is 40.2. The molecular formula is C55H96O6. The van der Waals surface area contributed by atoms with Crippen LogP contribution in [0.15, 0.2) is 60.8 Å². The van der Waals surface area contributed by atoms with Crippen LogP contribution in [0.4, 0.5) is 0 Å².